The first-order valence-electron chi connectivity index (χ1n) is 11.2. The zero-order valence-electron chi connectivity index (χ0n) is 17.9. The molecule has 1 N–H and O–H groups in total. The summed E-state index contributed by atoms with van der Waals surface area (Å²) in [6.45, 7) is 7.40. The van der Waals surface area contributed by atoms with Gasteiger partial charge in [-0.15, -0.1) is 10.2 Å². The van der Waals surface area contributed by atoms with Crippen LogP contribution < -0.4 is 5.32 Å². The Balaban J connectivity index is 1.35. The van der Waals surface area contributed by atoms with Gasteiger partial charge in [0, 0.05) is 50.3 Å². The molecule has 164 valence electrons. The molecule has 2 fully saturated rings. The number of nitrogens with one attached hydrogen (secondary N) is 1. The maximum Gasteiger partial charge on any atom is 0.223 e. The lowest BCUT2D eigenvalue weighted by atomic mass is 10.1. The van der Waals surface area contributed by atoms with E-state index >= 15 is 0 Å². The van der Waals surface area contributed by atoms with Gasteiger partial charge in [0.1, 0.15) is 6.10 Å². The minimum atomic E-state index is -0.0597. The van der Waals surface area contributed by atoms with Crippen LogP contribution in [0.2, 0.25) is 0 Å². The molecule has 3 aromatic rings. The molecule has 0 saturated carbocycles. The number of anilines is 1. The highest BCUT2D eigenvalue weighted by Crippen LogP contribution is 2.25. The molecule has 0 amide bonds. The molecule has 2 aliphatic rings. The van der Waals surface area contributed by atoms with Crippen LogP contribution in [0.15, 0.2) is 30.6 Å². The molecular formula is C22H29N7O2. The van der Waals surface area contributed by atoms with E-state index in [4.69, 9.17) is 14.5 Å². The van der Waals surface area contributed by atoms with Gasteiger partial charge in [-0.2, -0.15) is 0 Å². The molecule has 0 aromatic carbocycles. The highest BCUT2D eigenvalue weighted by molar-refractivity contribution is 5.64. The summed E-state index contributed by atoms with van der Waals surface area (Å²) in [4.78, 5) is 11.5. The van der Waals surface area contributed by atoms with Gasteiger partial charge in [0.25, 0.3) is 0 Å². The molecule has 0 spiro atoms. The number of hydrogen-bond acceptors (Lipinski definition) is 8. The molecule has 9 nitrogen and oxygen atoms in total. The van der Waals surface area contributed by atoms with Crippen molar-refractivity contribution < 1.29 is 9.47 Å². The molecule has 3 aromatic heterocycles. The number of aromatic nitrogens is 5. The highest BCUT2D eigenvalue weighted by Gasteiger charge is 2.25. The Morgan fingerprint density at radius 3 is 2.94 bits per heavy atom. The van der Waals surface area contributed by atoms with E-state index in [9.17, 15) is 0 Å². The van der Waals surface area contributed by atoms with Crippen molar-refractivity contribution in [2.45, 2.75) is 38.3 Å². The highest BCUT2D eigenvalue weighted by atomic mass is 16.5. The van der Waals surface area contributed by atoms with Crippen molar-refractivity contribution in [2.75, 3.05) is 44.8 Å². The van der Waals surface area contributed by atoms with Crippen molar-refractivity contribution in [3.05, 3.63) is 36.4 Å². The van der Waals surface area contributed by atoms with Crippen molar-refractivity contribution >= 4 is 11.6 Å². The van der Waals surface area contributed by atoms with Gasteiger partial charge in [-0.1, -0.05) is 6.92 Å². The predicted molar refractivity (Wildman–Crippen MR) is 117 cm³/mol. The van der Waals surface area contributed by atoms with Crippen molar-refractivity contribution in [1.82, 2.24) is 29.5 Å². The fraction of sp³-hybridized carbons (Fsp3) is 0.545. The first-order valence-corrected chi connectivity index (χ1v) is 11.2. The van der Waals surface area contributed by atoms with Crippen LogP contribution in [0.3, 0.4) is 0 Å². The lowest BCUT2D eigenvalue weighted by Gasteiger charge is -2.31. The molecule has 9 heteroatoms. The van der Waals surface area contributed by atoms with Gasteiger partial charge in [0.2, 0.25) is 5.95 Å². The Morgan fingerprint density at radius 1 is 1.16 bits per heavy atom. The van der Waals surface area contributed by atoms with Crippen molar-refractivity contribution in [3.8, 4) is 11.3 Å². The van der Waals surface area contributed by atoms with Gasteiger partial charge in [-0.3, -0.25) is 9.30 Å². The van der Waals surface area contributed by atoms with Gasteiger partial charge < -0.3 is 14.8 Å². The average molecular weight is 424 g/mol. The number of nitrogens with zero attached hydrogens (tertiary/aromatic N) is 6. The first-order chi connectivity index (χ1) is 15.3. The summed E-state index contributed by atoms with van der Waals surface area (Å²) in [5.41, 5.74) is 2.64. The van der Waals surface area contributed by atoms with E-state index in [-0.39, 0.29) is 6.10 Å². The SMILES string of the molecule is CCCN1CCOC(c2nnc3cc(-c4ccnc(NC5CCOCC5)n4)ccn23)C1. The predicted octanol–water partition coefficient (Wildman–Crippen LogP) is 2.56. The van der Waals surface area contributed by atoms with Crippen molar-refractivity contribution in [3.63, 3.8) is 0 Å². The molecule has 1 atom stereocenters. The number of hydrogen-bond donors (Lipinski definition) is 1. The van der Waals surface area contributed by atoms with Crippen LogP contribution in [-0.2, 0) is 9.47 Å². The normalized spacial score (nSPS) is 20.9. The lowest BCUT2D eigenvalue weighted by Crippen LogP contribution is -2.39. The Labute approximate surface area is 181 Å². The van der Waals surface area contributed by atoms with Crippen LogP contribution in [0, 0.1) is 0 Å². The third-order valence-electron chi connectivity index (χ3n) is 5.92. The van der Waals surface area contributed by atoms with Crippen molar-refractivity contribution in [2.24, 2.45) is 0 Å². The summed E-state index contributed by atoms with van der Waals surface area (Å²) in [6, 6.07) is 6.34. The fourth-order valence-corrected chi connectivity index (χ4v) is 4.28. The van der Waals surface area contributed by atoms with Crippen molar-refractivity contribution in [1.29, 1.82) is 0 Å². The second kappa shape index (κ2) is 9.25. The third kappa shape index (κ3) is 4.53. The van der Waals surface area contributed by atoms with E-state index < -0.39 is 0 Å². The van der Waals surface area contributed by atoms with Gasteiger partial charge in [0.05, 0.1) is 12.3 Å². The summed E-state index contributed by atoms with van der Waals surface area (Å²) < 4.78 is 13.5. The summed E-state index contributed by atoms with van der Waals surface area (Å²) in [5.74, 6) is 1.50. The maximum absolute atomic E-state index is 6.01. The summed E-state index contributed by atoms with van der Waals surface area (Å²) in [5, 5.41) is 12.3. The third-order valence-corrected chi connectivity index (χ3v) is 5.92. The number of rotatable bonds is 6. The maximum atomic E-state index is 6.01. The second-order valence-corrected chi connectivity index (χ2v) is 8.16. The van der Waals surface area contributed by atoms with Gasteiger partial charge >= 0.3 is 0 Å². The number of ether oxygens (including phenoxy) is 2. The molecular weight excluding hydrogens is 394 g/mol. The standard InChI is InChI=1S/C22H29N7O2/c1-2-8-28-10-13-31-19(15-28)21-27-26-20-14-16(4-9-29(20)21)18-3-7-23-22(25-18)24-17-5-11-30-12-6-17/h3-4,7,9,14,17,19H,2,5-6,8,10-13,15H2,1H3,(H,23,24,25). The summed E-state index contributed by atoms with van der Waals surface area (Å²) in [7, 11) is 0. The largest absolute Gasteiger partial charge is 0.381 e. The van der Waals surface area contributed by atoms with Crippen LogP contribution in [0.25, 0.3) is 16.9 Å². The summed E-state index contributed by atoms with van der Waals surface area (Å²) >= 11 is 0. The Bertz CT molecular complexity index is 1020. The van der Waals surface area contributed by atoms with E-state index in [0.29, 0.717) is 12.0 Å². The number of fused-ring (bicyclic) bond motifs is 1. The smallest absolute Gasteiger partial charge is 0.223 e. The minimum Gasteiger partial charge on any atom is -0.381 e. The number of morpholine rings is 1. The number of pyridine rings is 1. The van der Waals surface area contributed by atoms with Crippen LogP contribution in [0.1, 0.15) is 38.1 Å². The molecule has 31 heavy (non-hydrogen) atoms. The molecule has 0 aliphatic carbocycles. The average Bonchev–Trinajstić information content (AvgIpc) is 3.24. The molecule has 0 radical (unpaired) electrons. The molecule has 0 bridgehead atoms. The quantitative estimate of drug-likeness (QED) is 0.647. The summed E-state index contributed by atoms with van der Waals surface area (Å²) in [6.07, 6.45) is 6.83. The first kappa shape index (κ1) is 20.3. The van der Waals surface area contributed by atoms with Gasteiger partial charge in [-0.25, -0.2) is 9.97 Å². The molecule has 2 aliphatic heterocycles. The van der Waals surface area contributed by atoms with Crippen LogP contribution in [-0.4, -0.2) is 75.0 Å². The van der Waals surface area contributed by atoms with Gasteiger partial charge in [0.15, 0.2) is 11.5 Å². The van der Waals surface area contributed by atoms with Gasteiger partial charge in [-0.05, 0) is 44.0 Å². The van der Waals surface area contributed by atoms with Crippen LogP contribution >= 0.6 is 0 Å². The Kier molecular flexibility index (Phi) is 6.06. The van der Waals surface area contributed by atoms with E-state index in [0.717, 1.165) is 81.4 Å². The monoisotopic (exact) mass is 423 g/mol. The van der Waals surface area contributed by atoms with Crippen LogP contribution in [0.5, 0.6) is 0 Å². The van der Waals surface area contributed by atoms with E-state index in [1.165, 1.54) is 0 Å². The van der Waals surface area contributed by atoms with E-state index in [1.807, 2.05) is 28.8 Å². The molecule has 1 unspecified atom stereocenters. The zero-order chi connectivity index (χ0) is 21.0. The lowest BCUT2D eigenvalue weighted by molar-refractivity contribution is -0.0346. The molecule has 5 heterocycles. The Morgan fingerprint density at radius 2 is 2.06 bits per heavy atom. The topological polar surface area (TPSA) is 89.7 Å². The van der Waals surface area contributed by atoms with E-state index in [1.54, 1.807) is 6.20 Å². The Hall–Kier alpha value is -2.62. The second-order valence-electron chi connectivity index (χ2n) is 8.16. The molecule has 5 rings (SSSR count). The minimum absolute atomic E-state index is 0.0597. The van der Waals surface area contributed by atoms with Crippen LogP contribution in [0.4, 0.5) is 5.95 Å². The molecule has 2 saturated heterocycles. The fourth-order valence-electron chi connectivity index (χ4n) is 4.28. The van der Waals surface area contributed by atoms with E-state index in [2.05, 4.69) is 32.3 Å². The zero-order valence-corrected chi connectivity index (χ0v) is 17.9.